The molecular weight excluding hydrogens is 330 g/mol. The zero-order valence-corrected chi connectivity index (χ0v) is 15.3. The Bertz CT molecular complexity index is 709. The van der Waals surface area contributed by atoms with Crippen LogP contribution in [0.3, 0.4) is 0 Å². The van der Waals surface area contributed by atoms with Crippen molar-refractivity contribution in [2.45, 2.75) is 44.6 Å². The molecule has 1 aliphatic heterocycles. The lowest BCUT2D eigenvalue weighted by Crippen LogP contribution is -2.37. The summed E-state index contributed by atoms with van der Waals surface area (Å²) in [6.45, 7) is 1.11. The van der Waals surface area contributed by atoms with Gasteiger partial charge >= 0.3 is 0 Å². The van der Waals surface area contributed by atoms with Crippen molar-refractivity contribution in [2.24, 2.45) is 11.8 Å². The van der Waals surface area contributed by atoms with Gasteiger partial charge in [0, 0.05) is 12.6 Å². The number of H-pyrrole nitrogens is 1. The number of hydrogen-bond donors (Lipinski definition) is 1. The first-order chi connectivity index (χ1) is 12.3. The third-order valence-corrected chi connectivity index (χ3v) is 6.12. The number of benzene rings is 1. The van der Waals surface area contributed by atoms with Gasteiger partial charge in [0.25, 0.3) is 0 Å². The molecule has 4 heteroatoms. The van der Waals surface area contributed by atoms with Gasteiger partial charge in [-0.15, -0.1) is 0 Å². The molecule has 1 aromatic carbocycles. The van der Waals surface area contributed by atoms with Crippen molar-refractivity contribution in [3.63, 3.8) is 0 Å². The average molecular weight is 356 g/mol. The van der Waals surface area contributed by atoms with Gasteiger partial charge in [0.2, 0.25) is 0 Å². The summed E-state index contributed by atoms with van der Waals surface area (Å²) in [5.41, 5.74) is 2.55. The van der Waals surface area contributed by atoms with E-state index in [0.717, 1.165) is 36.9 Å². The SMILES string of the molecule is Clc1nc[nH]c1CCCN1C=C[C@H]2C[C@@H](Cc3ccccc3)CC[C@H]21. The molecule has 1 saturated carbocycles. The van der Waals surface area contributed by atoms with E-state index in [1.54, 1.807) is 6.33 Å². The molecule has 3 atom stereocenters. The molecule has 0 unspecified atom stereocenters. The second-order valence-corrected chi connectivity index (χ2v) is 7.81. The smallest absolute Gasteiger partial charge is 0.150 e. The molecule has 0 radical (unpaired) electrons. The summed E-state index contributed by atoms with van der Waals surface area (Å²) < 4.78 is 0. The van der Waals surface area contributed by atoms with Crippen LogP contribution in [0.2, 0.25) is 5.15 Å². The third kappa shape index (κ3) is 3.92. The third-order valence-electron chi connectivity index (χ3n) is 5.80. The monoisotopic (exact) mass is 355 g/mol. The van der Waals surface area contributed by atoms with Gasteiger partial charge in [-0.2, -0.15) is 0 Å². The Hall–Kier alpha value is -1.74. The molecule has 1 N–H and O–H groups in total. The second-order valence-electron chi connectivity index (χ2n) is 7.45. The van der Waals surface area contributed by atoms with Gasteiger partial charge in [0.1, 0.15) is 5.15 Å². The topological polar surface area (TPSA) is 31.9 Å². The Morgan fingerprint density at radius 1 is 1.20 bits per heavy atom. The van der Waals surface area contributed by atoms with Crippen molar-refractivity contribution < 1.29 is 0 Å². The molecule has 4 rings (SSSR count). The maximum absolute atomic E-state index is 6.06. The number of hydrogen-bond acceptors (Lipinski definition) is 2. The minimum Gasteiger partial charge on any atom is -0.374 e. The molecule has 132 valence electrons. The summed E-state index contributed by atoms with van der Waals surface area (Å²) in [5.74, 6) is 1.57. The number of fused-ring (bicyclic) bond motifs is 1. The number of nitrogens with zero attached hydrogens (tertiary/aromatic N) is 2. The summed E-state index contributed by atoms with van der Waals surface area (Å²) in [7, 11) is 0. The zero-order valence-electron chi connectivity index (χ0n) is 14.6. The molecule has 0 spiro atoms. The highest BCUT2D eigenvalue weighted by Crippen LogP contribution is 2.38. The molecule has 2 heterocycles. The van der Waals surface area contributed by atoms with Crippen LogP contribution in [0.4, 0.5) is 0 Å². The number of halogens is 1. The van der Waals surface area contributed by atoms with Gasteiger partial charge < -0.3 is 9.88 Å². The van der Waals surface area contributed by atoms with Crippen molar-refractivity contribution in [3.05, 3.63) is 65.3 Å². The largest absolute Gasteiger partial charge is 0.374 e. The predicted octanol–water partition coefficient (Wildman–Crippen LogP) is 4.85. The summed E-state index contributed by atoms with van der Waals surface area (Å²) in [5, 5.41) is 0.622. The van der Waals surface area contributed by atoms with Gasteiger partial charge in [0.05, 0.1) is 12.0 Å². The van der Waals surface area contributed by atoms with Gasteiger partial charge in [-0.3, -0.25) is 0 Å². The summed E-state index contributed by atoms with van der Waals surface area (Å²) >= 11 is 6.06. The fraction of sp³-hybridized carbons (Fsp3) is 0.476. The predicted molar refractivity (Wildman–Crippen MR) is 103 cm³/mol. The van der Waals surface area contributed by atoms with E-state index >= 15 is 0 Å². The van der Waals surface area contributed by atoms with Gasteiger partial charge in [0.15, 0.2) is 0 Å². The first kappa shape index (κ1) is 16.7. The van der Waals surface area contributed by atoms with E-state index in [1.807, 2.05) is 0 Å². The lowest BCUT2D eigenvalue weighted by molar-refractivity contribution is 0.165. The lowest BCUT2D eigenvalue weighted by atomic mass is 9.76. The van der Waals surface area contributed by atoms with Gasteiger partial charge in [-0.1, -0.05) is 48.0 Å². The summed E-state index contributed by atoms with van der Waals surface area (Å²) in [6.07, 6.45) is 13.8. The van der Waals surface area contributed by atoms with Gasteiger partial charge in [-0.25, -0.2) is 4.98 Å². The first-order valence-corrected chi connectivity index (χ1v) is 9.83. The van der Waals surface area contributed by atoms with Crippen LogP contribution in [0.5, 0.6) is 0 Å². The van der Waals surface area contributed by atoms with Crippen LogP contribution in [0, 0.1) is 11.8 Å². The van der Waals surface area contributed by atoms with Crippen molar-refractivity contribution in [1.82, 2.24) is 14.9 Å². The Morgan fingerprint density at radius 2 is 2.08 bits per heavy atom. The highest BCUT2D eigenvalue weighted by molar-refractivity contribution is 6.30. The normalized spacial score (nSPS) is 25.3. The van der Waals surface area contributed by atoms with Gasteiger partial charge in [-0.05, 0) is 62.1 Å². The molecule has 2 aromatic rings. The Kier molecular flexibility index (Phi) is 5.12. The maximum Gasteiger partial charge on any atom is 0.150 e. The Morgan fingerprint density at radius 3 is 2.88 bits per heavy atom. The number of aromatic nitrogens is 2. The first-order valence-electron chi connectivity index (χ1n) is 9.45. The number of aryl methyl sites for hydroxylation is 1. The molecule has 1 aromatic heterocycles. The molecule has 1 fully saturated rings. The van der Waals surface area contributed by atoms with Crippen LogP contribution in [-0.2, 0) is 12.8 Å². The molecule has 2 aliphatic rings. The zero-order chi connectivity index (χ0) is 17.1. The van der Waals surface area contributed by atoms with Crippen molar-refractivity contribution >= 4 is 11.6 Å². The standard InChI is InChI=1S/C21H26ClN3/c22-21-19(23-15-24-21)7-4-11-25-12-10-18-14-17(8-9-20(18)25)13-16-5-2-1-3-6-16/h1-3,5-6,10,12,15,17-18,20H,4,7-9,11,13-14H2,(H,23,24)/t17-,18+,20-/m1/s1. The van der Waals surface area contributed by atoms with Crippen molar-refractivity contribution in [2.75, 3.05) is 6.54 Å². The van der Waals surface area contributed by atoms with Crippen molar-refractivity contribution in [1.29, 1.82) is 0 Å². The van der Waals surface area contributed by atoms with Crippen LogP contribution in [0.1, 0.15) is 36.9 Å². The van der Waals surface area contributed by atoms with Crippen LogP contribution in [0.25, 0.3) is 0 Å². The van der Waals surface area contributed by atoms with E-state index in [9.17, 15) is 0 Å². The number of rotatable bonds is 6. The van der Waals surface area contributed by atoms with Crippen molar-refractivity contribution in [3.8, 4) is 0 Å². The van der Waals surface area contributed by atoms with E-state index in [0.29, 0.717) is 11.2 Å². The minimum atomic E-state index is 0.622. The number of nitrogens with one attached hydrogen (secondary N) is 1. The second kappa shape index (κ2) is 7.65. The molecule has 3 nitrogen and oxygen atoms in total. The molecule has 25 heavy (non-hydrogen) atoms. The maximum atomic E-state index is 6.06. The highest BCUT2D eigenvalue weighted by Gasteiger charge is 2.34. The number of aromatic amines is 1. The van der Waals surface area contributed by atoms with Crippen LogP contribution >= 0.6 is 11.6 Å². The average Bonchev–Trinajstić information content (AvgIpc) is 3.22. The van der Waals surface area contributed by atoms with E-state index in [4.69, 9.17) is 11.6 Å². The minimum absolute atomic E-state index is 0.622. The highest BCUT2D eigenvalue weighted by atomic mass is 35.5. The Labute approximate surface area is 155 Å². The fourth-order valence-electron chi connectivity index (χ4n) is 4.52. The summed E-state index contributed by atoms with van der Waals surface area (Å²) in [4.78, 5) is 9.76. The Balaban J connectivity index is 1.26. The van der Waals surface area contributed by atoms with E-state index in [1.165, 1.54) is 31.2 Å². The fourth-order valence-corrected chi connectivity index (χ4v) is 4.72. The molecule has 0 amide bonds. The molecular formula is C21H26ClN3. The van der Waals surface area contributed by atoms with E-state index in [-0.39, 0.29) is 0 Å². The van der Waals surface area contributed by atoms with Crippen LogP contribution < -0.4 is 0 Å². The van der Waals surface area contributed by atoms with Crippen LogP contribution in [0.15, 0.2) is 48.9 Å². The summed E-state index contributed by atoms with van der Waals surface area (Å²) in [6, 6.07) is 11.7. The molecule has 0 bridgehead atoms. The van der Waals surface area contributed by atoms with E-state index in [2.05, 4.69) is 57.5 Å². The molecule has 1 aliphatic carbocycles. The van der Waals surface area contributed by atoms with Crippen LogP contribution in [-0.4, -0.2) is 27.5 Å². The number of imidazole rings is 1. The van der Waals surface area contributed by atoms with E-state index < -0.39 is 0 Å². The quantitative estimate of drug-likeness (QED) is 0.803. The molecule has 0 saturated heterocycles. The lowest BCUT2D eigenvalue weighted by Gasteiger charge is -2.37.